The molecule has 1 aliphatic rings. The minimum absolute atomic E-state index is 0.0213. The van der Waals surface area contributed by atoms with Gasteiger partial charge in [-0.25, -0.2) is 0 Å². The van der Waals surface area contributed by atoms with Crippen LogP contribution in [0.3, 0.4) is 0 Å². The van der Waals surface area contributed by atoms with E-state index >= 15 is 0 Å². The number of amides is 2. The van der Waals surface area contributed by atoms with Gasteiger partial charge in [0.15, 0.2) is 6.10 Å². The molecule has 1 aliphatic heterocycles. The quantitative estimate of drug-likeness (QED) is 0.828. The van der Waals surface area contributed by atoms with Crippen LogP contribution in [0.5, 0.6) is 11.5 Å². The molecule has 0 saturated heterocycles. The Hall–Kier alpha value is -3.06. The average Bonchev–Trinajstić information content (AvgIpc) is 2.90. The van der Waals surface area contributed by atoms with Crippen LogP contribution in [0.1, 0.15) is 12.5 Å². The lowest BCUT2D eigenvalue weighted by Crippen LogP contribution is -2.41. The van der Waals surface area contributed by atoms with Crippen LogP contribution >= 0.6 is 0 Å². The highest BCUT2D eigenvalue weighted by Gasteiger charge is 2.25. The zero-order valence-electron chi connectivity index (χ0n) is 16.0. The molecule has 1 N–H and O–H groups in total. The molecule has 1 atom stereocenters. The summed E-state index contributed by atoms with van der Waals surface area (Å²) in [5.41, 5.74) is 1.46. The molecule has 7 heteroatoms. The Balaban J connectivity index is 1.70. The molecule has 2 aromatic rings. The Bertz CT molecular complexity index is 825. The molecule has 2 amide bonds. The maximum atomic E-state index is 12.9. The van der Waals surface area contributed by atoms with Gasteiger partial charge in [0.25, 0.3) is 5.91 Å². The van der Waals surface area contributed by atoms with Crippen LogP contribution in [0.4, 0.5) is 5.69 Å². The third-order valence-corrected chi connectivity index (χ3v) is 4.32. The van der Waals surface area contributed by atoms with Gasteiger partial charge < -0.3 is 24.4 Å². The van der Waals surface area contributed by atoms with Crippen molar-refractivity contribution >= 4 is 17.5 Å². The van der Waals surface area contributed by atoms with Crippen LogP contribution in [0, 0.1) is 0 Å². The number of hydrogen-bond donors (Lipinski definition) is 1. The Kier molecular flexibility index (Phi) is 6.49. The highest BCUT2D eigenvalue weighted by atomic mass is 16.5. The Morgan fingerprint density at radius 1 is 1.21 bits per heavy atom. The summed E-state index contributed by atoms with van der Waals surface area (Å²) in [6, 6.07) is 14.6. The smallest absolute Gasteiger partial charge is 0.263 e. The minimum Gasteiger partial charge on any atom is -0.491 e. The summed E-state index contributed by atoms with van der Waals surface area (Å²) in [6.07, 6.45) is -0.617. The van der Waals surface area contributed by atoms with E-state index in [-0.39, 0.29) is 18.4 Å². The predicted octanol–water partition coefficient (Wildman–Crippen LogP) is 2.46. The lowest BCUT2D eigenvalue weighted by Gasteiger charge is -2.24. The van der Waals surface area contributed by atoms with Gasteiger partial charge in [0.05, 0.1) is 6.54 Å². The van der Waals surface area contributed by atoms with Crippen molar-refractivity contribution in [2.24, 2.45) is 0 Å². The summed E-state index contributed by atoms with van der Waals surface area (Å²) >= 11 is 0. The number of benzene rings is 2. The lowest BCUT2D eigenvalue weighted by atomic mass is 10.1. The third-order valence-electron chi connectivity index (χ3n) is 4.32. The fourth-order valence-electron chi connectivity index (χ4n) is 3.00. The minimum atomic E-state index is -0.617. The van der Waals surface area contributed by atoms with E-state index in [2.05, 4.69) is 5.32 Å². The SMILES string of the molecule is COCC(=O)Nc1ccc2c(c1)CN(C(=O)C(C)Oc1ccccc1)CCO2. The number of ether oxygens (including phenoxy) is 3. The van der Waals surface area contributed by atoms with Gasteiger partial charge in [-0.15, -0.1) is 0 Å². The fraction of sp³-hybridized carbons (Fsp3) is 0.333. The van der Waals surface area contributed by atoms with Gasteiger partial charge in [-0.3, -0.25) is 9.59 Å². The van der Waals surface area contributed by atoms with Crippen molar-refractivity contribution in [1.82, 2.24) is 4.90 Å². The summed E-state index contributed by atoms with van der Waals surface area (Å²) in [5, 5.41) is 2.77. The topological polar surface area (TPSA) is 77.1 Å². The number of carbonyl (C=O) groups is 2. The average molecular weight is 384 g/mol. The van der Waals surface area contributed by atoms with E-state index in [1.807, 2.05) is 36.4 Å². The van der Waals surface area contributed by atoms with Crippen molar-refractivity contribution in [1.29, 1.82) is 0 Å². The molecule has 2 aromatic carbocycles. The summed E-state index contributed by atoms with van der Waals surface area (Å²) in [6.45, 7) is 2.95. The number of nitrogens with zero attached hydrogens (tertiary/aromatic N) is 1. The first-order valence-electron chi connectivity index (χ1n) is 9.12. The van der Waals surface area contributed by atoms with Gasteiger partial charge >= 0.3 is 0 Å². The van der Waals surface area contributed by atoms with Crippen molar-refractivity contribution in [3.05, 3.63) is 54.1 Å². The molecule has 0 radical (unpaired) electrons. The van der Waals surface area contributed by atoms with E-state index in [0.717, 1.165) is 5.56 Å². The normalized spacial score (nSPS) is 14.3. The molecule has 0 fully saturated rings. The standard InChI is InChI=1S/C21H24N2O5/c1-15(28-18-6-4-3-5-7-18)21(25)23-10-11-27-19-9-8-17(12-16(19)13-23)22-20(24)14-26-2/h3-9,12,15H,10-11,13-14H2,1-2H3,(H,22,24). The number of anilines is 1. The van der Waals surface area contributed by atoms with Crippen LogP contribution in [0.2, 0.25) is 0 Å². The zero-order valence-corrected chi connectivity index (χ0v) is 16.0. The fourth-order valence-corrected chi connectivity index (χ4v) is 3.00. The summed E-state index contributed by atoms with van der Waals surface area (Å²) in [5.74, 6) is 0.999. The molecular weight excluding hydrogens is 360 g/mol. The van der Waals surface area contributed by atoms with Crippen LogP contribution in [-0.4, -0.2) is 49.7 Å². The zero-order chi connectivity index (χ0) is 19.9. The van der Waals surface area contributed by atoms with Crippen LogP contribution in [-0.2, 0) is 20.9 Å². The highest BCUT2D eigenvalue weighted by Crippen LogP contribution is 2.27. The van der Waals surface area contributed by atoms with Gasteiger partial charge in [0.1, 0.15) is 24.7 Å². The Labute approximate surface area is 164 Å². The van der Waals surface area contributed by atoms with E-state index < -0.39 is 6.10 Å². The van der Waals surface area contributed by atoms with Crippen LogP contribution < -0.4 is 14.8 Å². The lowest BCUT2D eigenvalue weighted by molar-refractivity contribution is -0.138. The molecule has 148 valence electrons. The summed E-state index contributed by atoms with van der Waals surface area (Å²) in [4.78, 5) is 26.3. The highest BCUT2D eigenvalue weighted by molar-refractivity contribution is 5.91. The Morgan fingerprint density at radius 3 is 2.75 bits per heavy atom. The molecule has 0 aromatic heterocycles. The van der Waals surface area contributed by atoms with Crippen molar-refractivity contribution in [2.45, 2.75) is 19.6 Å². The third kappa shape index (κ3) is 5.01. The Morgan fingerprint density at radius 2 is 2.00 bits per heavy atom. The number of methoxy groups -OCH3 is 1. The maximum Gasteiger partial charge on any atom is 0.263 e. The molecule has 1 unspecified atom stereocenters. The molecule has 0 saturated carbocycles. The van der Waals surface area contributed by atoms with Gasteiger partial charge in [-0.1, -0.05) is 18.2 Å². The molecule has 0 bridgehead atoms. The number of hydrogen-bond acceptors (Lipinski definition) is 5. The van der Waals surface area contributed by atoms with Crippen LogP contribution in [0.15, 0.2) is 48.5 Å². The van der Waals surface area contributed by atoms with Crippen molar-refractivity contribution in [3.8, 4) is 11.5 Å². The van der Waals surface area contributed by atoms with Gasteiger partial charge in [-0.2, -0.15) is 0 Å². The van der Waals surface area contributed by atoms with Gasteiger partial charge in [0.2, 0.25) is 5.91 Å². The van der Waals surface area contributed by atoms with Crippen LogP contribution in [0.25, 0.3) is 0 Å². The second-order valence-electron chi connectivity index (χ2n) is 6.49. The maximum absolute atomic E-state index is 12.9. The summed E-state index contributed by atoms with van der Waals surface area (Å²) in [7, 11) is 1.46. The first kappa shape index (κ1) is 19.7. The van der Waals surface area contributed by atoms with E-state index in [1.54, 1.807) is 24.0 Å². The van der Waals surface area contributed by atoms with Crippen molar-refractivity contribution in [3.63, 3.8) is 0 Å². The number of para-hydroxylation sites is 1. The second-order valence-corrected chi connectivity index (χ2v) is 6.49. The predicted molar refractivity (Wildman–Crippen MR) is 104 cm³/mol. The number of fused-ring (bicyclic) bond motifs is 1. The van der Waals surface area contributed by atoms with Gasteiger partial charge in [-0.05, 0) is 37.3 Å². The van der Waals surface area contributed by atoms with E-state index in [1.165, 1.54) is 7.11 Å². The molecule has 0 spiro atoms. The first-order valence-corrected chi connectivity index (χ1v) is 9.12. The molecule has 7 nitrogen and oxygen atoms in total. The number of carbonyl (C=O) groups excluding carboxylic acids is 2. The molecular formula is C21H24N2O5. The second kappa shape index (κ2) is 9.23. The van der Waals surface area contributed by atoms with Crippen molar-refractivity contribution in [2.75, 3.05) is 32.2 Å². The van der Waals surface area contributed by atoms with Gasteiger partial charge in [0, 0.05) is 24.9 Å². The van der Waals surface area contributed by atoms with E-state index in [9.17, 15) is 9.59 Å². The monoisotopic (exact) mass is 384 g/mol. The molecule has 28 heavy (non-hydrogen) atoms. The molecule has 0 aliphatic carbocycles. The van der Waals surface area contributed by atoms with Crippen molar-refractivity contribution < 1.29 is 23.8 Å². The number of nitrogens with one attached hydrogen (secondary N) is 1. The number of rotatable bonds is 6. The van der Waals surface area contributed by atoms with E-state index in [0.29, 0.717) is 36.9 Å². The summed E-state index contributed by atoms with van der Waals surface area (Å²) < 4.78 is 16.3. The molecule has 3 rings (SSSR count). The van der Waals surface area contributed by atoms with E-state index in [4.69, 9.17) is 14.2 Å². The first-order chi connectivity index (χ1) is 13.6. The molecule has 1 heterocycles. The largest absolute Gasteiger partial charge is 0.491 e.